The molecule has 0 bridgehead atoms. The summed E-state index contributed by atoms with van der Waals surface area (Å²) in [6, 6.07) is 5.33. The van der Waals surface area contributed by atoms with Gasteiger partial charge in [0, 0.05) is 21.5 Å². The van der Waals surface area contributed by atoms with Crippen LogP contribution in [0.5, 0.6) is 0 Å². The molecule has 1 aromatic rings. The number of nitrogens with two attached hydrogens (primary N) is 1. The summed E-state index contributed by atoms with van der Waals surface area (Å²) >= 11 is 2.20. The second-order valence-corrected chi connectivity index (χ2v) is 5.91. The number of hydrogen-bond donors (Lipinski definition) is 3. The Bertz CT molecular complexity index is 421. The van der Waals surface area contributed by atoms with Crippen molar-refractivity contribution in [2.45, 2.75) is 26.8 Å². The van der Waals surface area contributed by atoms with E-state index in [1.165, 1.54) is 0 Å². The van der Waals surface area contributed by atoms with Gasteiger partial charge in [-0.25, -0.2) is 0 Å². The third-order valence-electron chi connectivity index (χ3n) is 2.44. The highest BCUT2D eigenvalue weighted by Gasteiger charge is 2.13. The van der Waals surface area contributed by atoms with Crippen LogP contribution in [0.3, 0.4) is 0 Å². The second-order valence-electron chi connectivity index (χ2n) is 4.74. The van der Waals surface area contributed by atoms with Crippen LogP contribution in [-0.2, 0) is 4.79 Å². The van der Waals surface area contributed by atoms with Crippen LogP contribution in [0.25, 0.3) is 0 Å². The maximum atomic E-state index is 11.8. The number of halogens is 1. The largest absolute Gasteiger partial charge is 0.399 e. The lowest BCUT2D eigenvalue weighted by atomic mass is 10.2. The summed E-state index contributed by atoms with van der Waals surface area (Å²) in [4.78, 5) is 11.8. The van der Waals surface area contributed by atoms with Crippen LogP contribution in [-0.4, -0.2) is 18.5 Å². The molecule has 0 spiro atoms. The summed E-state index contributed by atoms with van der Waals surface area (Å²) < 4.78 is 1.01. The molecule has 0 radical (unpaired) electrons. The SMILES string of the molecule is CC(C)CNC(=O)C(C)Nc1ccc(N)cc1I. The molecule has 0 aliphatic rings. The summed E-state index contributed by atoms with van der Waals surface area (Å²) in [5.41, 5.74) is 7.34. The fraction of sp³-hybridized carbons (Fsp3) is 0.462. The van der Waals surface area contributed by atoms with E-state index in [0.29, 0.717) is 12.5 Å². The molecule has 0 saturated carbocycles. The first-order valence-electron chi connectivity index (χ1n) is 5.99. The Hall–Kier alpha value is -0.980. The van der Waals surface area contributed by atoms with Crippen molar-refractivity contribution in [1.29, 1.82) is 0 Å². The molecule has 0 aliphatic carbocycles. The van der Waals surface area contributed by atoms with Gasteiger partial charge in [-0.2, -0.15) is 0 Å². The van der Waals surface area contributed by atoms with Crippen molar-refractivity contribution in [1.82, 2.24) is 5.32 Å². The van der Waals surface area contributed by atoms with Gasteiger partial charge in [0.2, 0.25) is 5.91 Å². The Kier molecular flexibility index (Phi) is 5.71. The number of benzene rings is 1. The minimum absolute atomic E-state index is 0.0105. The van der Waals surface area contributed by atoms with E-state index in [0.717, 1.165) is 14.9 Å². The number of carbonyl (C=O) groups is 1. The van der Waals surface area contributed by atoms with Crippen LogP contribution >= 0.6 is 22.6 Å². The maximum absolute atomic E-state index is 11.8. The van der Waals surface area contributed by atoms with E-state index in [4.69, 9.17) is 5.73 Å². The summed E-state index contributed by atoms with van der Waals surface area (Å²) in [7, 11) is 0. The maximum Gasteiger partial charge on any atom is 0.242 e. The van der Waals surface area contributed by atoms with Gasteiger partial charge in [-0.15, -0.1) is 0 Å². The molecule has 1 aromatic carbocycles. The topological polar surface area (TPSA) is 67.2 Å². The molecular weight excluding hydrogens is 341 g/mol. The minimum atomic E-state index is -0.263. The van der Waals surface area contributed by atoms with Crippen molar-refractivity contribution in [2.75, 3.05) is 17.6 Å². The molecule has 0 heterocycles. The molecule has 0 aliphatic heterocycles. The van der Waals surface area contributed by atoms with Crippen LogP contribution in [0.4, 0.5) is 11.4 Å². The predicted molar refractivity (Wildman–Crippen MR) is 84.5 cm³/mol. The number of hydrogen-bond acceptors (Lipinski definition) is 3. The van der Waals surface area contributed by atoms with Crippen molar-refractivity contribution in [3.63, 3.8) is 0 Å². The number of carbonyl (C=O) groups excluding carboxylic acids is 1. The molecule has 4 N–H and O–H groups in total. The fourth-order valence-corrected chi connectivity index (χ4v) is 2.10. The standard InChI is InChI=1S/C13H20IN3O/c1-8(2)7-16-13(18)9(3)17-12-5-4-10(15)6-11(12)14/h4-6,8-9,17H,7,15H2,1-3H3,(H,16,18). The summed E-state index contributed by atoms with van der Waals surface area (Å²) in [6.45, 7) is 6.69. The van der Waals surface area contributed by atoms with Gasteiger partial charge in [0.15, 0.2) is 0 Å². The monoisotopic (exact) mass is 361 g/mol. The average Bonchev–Trinajstić information content (AvgIpc) is 2.29. The minimum Gasteiger partial charge on any atom is -0.399 e. The first kappa shape index (κ1) is 15.1. The highest BCUT2D eigenvalue weighted by molar-refractivity contribution is 14.1. The normalized spacial score (nSPS) is 12.3. The number of nitrogen functional groups attached to an aromatic ring is 1. The first-order chi connectivity index (χ1) is 8.40. The number of nitrogens with one attached hydrogen (secondary N) is 2. The van der Waals surface area contributed by atoms with Crippen LogP contribution in [0.2, 0.25) is 0 Å². The smallest absolute Gasteiger partial charge is 0.242 e. The van der Waals surface area contributed by atoms with E-state index in [2.05, 4.69) is 47.1 Å². The zero-order chi connectivity index (χ0) is 13.7. The summed E-state index contributed by atoms with van der Waals surface area (Å²) in [6.07, 6.45) is 0. The van der Waals surface area contributed by atoms with Crippen molar-refractivity contribution in [3.05, 3.63) is 21.8 Å². The van der Waals surface area contributed by atoms with E-state index in [1.54, 1.807) is 0 Å². The Morgan fingerprint density at radius 1 is 1.39 bits per heavy atom. The zero-order valence-electron chi connectivity index (χ0n) is 11.0. The Morgan fingerprint density at radius 3 is 2.61 bits per heavy atom. The van der Waals surface area contributed by atoms with Gasteiger partial charge in [0.25, 0.3) is 0 Å². The van der Waals surface area contributed by atoms with Crippen LogP contribution < -0.4 is 16.4 Å². The molecule has 1 amide bonds. The van der Waals surface area contributed by atoms with E-state index in [1.807, 2.05) is 25.1 Å². The van der Waals surface area contributed by atoms with E-state index < -0.39 is 0 Å². The summed E-state index contributed by atoms with van der Waals surface area (Å²) in [5.74, 6) is 0.467. The van der Waals surface area contributed by atoms with Crippen LogP contribution in [0.1, 0.15) is 20.8 Å². The fourth-order valence-electron chi connectivity index (χ4n) is 1.41. The van der Waals surface area contributed by atoms with Gasteiger partial charge in [-0.05, 0) is 53.6 Å². The highest BCUT2D eigenvalue weighted by atomic mass is 127. The van der Waals surface area contributed by atoms with Crippen LogP contribution in [0.15, 0.2) is 18.2 Å². The van der Waals surface area contributed by atoms with Crippen molar-refractivity contribution in [2.24, 2.45) is 5.92 Å². The number of amides is 1. The zero-order valence-corrected chi connectivity index (χ0v) is 13.1. The quantitative estimate of drug-likeness (QED) is 0.558. The molecule has 4 nitrogen and oxygen atoms in total. The molecule has 1 rings (SSSR count). The molecule has 5 heteroatoms. The highest BCUT2D eigenvalue weighted by Crippen LogP contribution is 2.21. The van der Waals surface area contributed by atoms with Gasteiger partial charge in [0.05, 0.1) is 0 Å². The van der Waals surface area contributed by atoms with Crippen molar-refractivity contribution < 1.29 is 4.79 Å². The number of rotatable bonds is 5. The van der Waals surface area contributed by atoms with Crippen LogP contribution in [0, 0.1) is 9.49 Å². The van der Waals surface area contributed by atoms with Crippen molar-refractivity contribution >= 4 is 39.9 Å². The predicted octanol–water partition coefficient (Wildman–Crippen LogP) is 2.45. The molecule has 0 aromatic heterocycles. The Morgan fingerprint density at radius 2 is 2.06 bits per heavy atom. The Balaban J connectivity index is 2.58. The van der Waals surface area contributed by atoms with Gasteiger partial charge >= 0.3 is 0 Å². The molecule has 1 atom stereocenters. The van der Waals surface area contributed by atoms with Gasteiger partial charge in [-0.3, -0.25) is 4.79 Å². The van der Waals surface area contributed by atoms with E-state index in [-0.39, 0.29) is 11.9 Å². The third kappa shape index (κ3) is 4.72. The second kappa shape index (κ2) is 6.82. The van der Waals surface area contributed by atoms with Gasteiger partial charge in [-0.1, -0.05) is 13.8 Å². The molecule has 0 saturated heterocycles. The van der Waals surface area contributed by atoms with Gasteiger partial charge in [0.1, 0.15) is 6.04 Å². The third-order valence-corrected chi connectivity index (χ3v) is 3.34. The molecule has 18 heavy (non-hydrogen) atoms. The van der Waals surface area contributed by atoms with Crippen molar-refractivity contribution in [3.8, 4) is 0 Å². The Labute approximate surface area is 122 Å². The van der Waals surface area contributed by atoms with Gasteiger partial charge < -0.3 is 16.4 Å². The summed E-state index contributed by atoms with van der Waals surface area (Å²) in [5, 5.41) is 6.09. The first-order valence-corrected chi connectivity index (χ1v) is 7.07. The average molecular weight is 361 g/mol. The lowest BCUT2D eigenvalue weighted by Gasteiger charge is -2.17. The lowest BCUT2D eigenvalue weighted by Crippen LogP contribution is -2.39. The molecule has 100 valence electrons. The van der Waals surface area contributed by atoms with E-state index >= 15 is 0 Å². The molecule has 0 fully saturated rings. The van der Waals surface area contributed by atoms with E-state index in [9.17, 15) is 4.79 Å². The number of anilines is 2. The lowest BCUT2D eigenvalue weighted by molar-refractivity contribution is -0.121. The molecule has 1 unspecified atom stereocenters. The molecular formula is C13H20IN3O.